The van der Waals surface area contributed by atoms with Crippen molar-refractivity contribution in [2.24, 2.45) is 0 Å². The van der Waals surface area contributed by atoms with Crippen LogP contribution in [-0.2, 0) is 5.88 Å². The van der Waals surface area contributed by atoms with Crippen LogP contribution in [0.1, 0.15) is 5.56 Å². The zero-order valence-corrected chi connectivity index (χ0v) is 8.63. The van der Waals surface area contributed by atoms with Crippen LogP contribution in [0.25, 0.3) is 0 Å². The van der Waals surface area contributed by atoms with Crippen molar-refractivity contribution in [3.63, 3.8) is 0 Å². The van der Waals surface area contributed by atoms with Gasteiger partial charge < -0.3 is 4.74 Å². The summed E-state index contributed by atoms with van der Waals surface area (Å²) >= 11 is 5.30. The van der Waals surface area contributed by atoms with E-state index in [9.17, 15) is 28.1 Å². The summed E-state index contributed by atoms with van der Waals surface area (Å²) in [5.74, 6) is -1.44. The zero-order chi connectivity index (χ0) is 13.2. The van der Waals surface area contributed by atoms with E-state index in [-0.39, 0.29) is 5.56 Å². The first kappa shape index (κ1) is 13.3. The van der Waals surface area contributed by atoms with Crippen molar-refractivity contribution in [1.29, 1.82) is 0 Å². The molecule has 0 unspecified atom stereocenters. The summed E-state index contributed by atoms with van der Waals surface area (Å²) < 4.78 is 39.3. The van der Waals surface area contributed by atoms with E-state index in [4.69, 9.17) is 11.6 Å². The molecule has 1 heterocycles. The molecule has 0 spiro atoms. The molecule has 0 amide bonds. The third kappa shape index (κ3) is 3.34. The highest BCUT2D eigenvalue weighted by atomic mass is 35.5. The maximum absolute atomic E-state index is 11.9. The summed E-state index contributed by atoms with van der Waals surface area (Å²) in [7, 11) is 0. The van der Waals surface area contributed by atoms with Gasteiger partial charge in [0.1, 0.15) is 0 Å². The van der Waals surface area contributed by atoms with E-state index < -0.39 is 34.3 Å². The summed E-state index contributed by atoms with van der Waals surface area (Å²) in [5.41, 5.74) is -2.55. The molecule has 0 aromatic carbocycles. The third-order valence-electron chi connectivity index (χ3n) is 1.62. The van der Waals surface area contributed by atoms with Gasteiger partial charge in [0.15, 0.2) is 0 Å². The maximum atomic E-state index is 11.9. The molecule has 0 aliphatic rings. The minimum Gasteiger partial charge on any atom is -0.389 e. The Balaban J connectivity index is 3.29. The summed E-state index contributed by atoms with van der Waals surface area (Å²) in [6.07, 6.45) is -5.03. The number of nitro groups is 1. The molecule has 6 nitrogen and oxygen atoms in total. The molecule has 0 saturated carbocycles. The van der Waals surface area contributed by atoms with E-state index in [1.165, 1.54) is 0 Å². The molecule has 0 bridgehead atoms. The van der Waals surface area contributed by atoms with Crippen molar-refractivity contribution in [2.75, 3.05) is 0 Å². The normalized spacial score (nSPS) is 11.3. The van der Waals surface area contributed by atoms with Crippen LogP contribution < -0.4 is 10.3 Å². The zero-order valence-electron chi connectivity index (χ0n) is 7.88. The molecule has 17 heavy (non-hydrogen) atoms. The number of pyridine rings is 1. The van der Waals surface area contributed by atoms with Gasteiger partial charge in [-0.15, -0.1) is 24.8 Å². The lowest BCUT2D eigenvalue weighted by Gasteiger charge is -2.10. The average molecular weight is 273 g/mol. The van der Waals surface area contributed by atoms with Crippen molar-refractivity contribution >= 4 is 17.3 Å². The first-order chi connectivity index (χ1) is 7.74. The highest BCUT2D eigenvalue weighted by Gasteiger charge is 2.33. The molecule has 1 aromatic heterocycles. The number of aromatic nitrogens is 1. The molecule has 0 radical (unpaired) electrons. The van der Waals surface area contributed by atoms with Crippen LogP contribution in [0.2, 0.25) is 0 Å². The fourth-order valence-corrected chi connectivity index (χ4v) is 1.18. The Morgan fingerprint density at radius 2 is 2.12 bits per heavy atom. The summed E-state index contributed by atoms with van der Waals surface area (Å²) in [6, 6.07) is 0.632. The van der Waals surface area contributed by atoms with Gasteiger partial charge in [0.25, 0.3) is 0 Å². The van der Waals surface area contributed by atoms with Gasteiger partial charge in [-0.05, 0) is 0 Å². The summed E-state index contributed by atoms with van der Waals surface area (Å²) in [6.45, 7) is 0. The van der Waals surface area contributed by atoms with Gasteiger partial charge in [0.2, 0.25) is 5.88 Å². The van der Waals surface area contributed by atoms with Gasteiger partial charge in [0, 0.05) is 11.6 Å². The largest absolute Gasteiger partial charge is 0.574 e. The molecule has 1 aromatic rings. The number of alkyl halides is 4. The number of nitrogens with zero attached hydrogens (tertiary/aromatic N) is 1. The first-order valence-electron chi connectivity index (χ1n) is 3.97. The number of halogens is 4. The number of H-pyrrole nitrogens is 1. The SMILES string of the molecule is O=c1[nH]c(OC(F)(F)F)c(CCl)cc1[N+](=O)[O-]. The molecule has 0 saturated heterocycles. The van der Waals surface area contributed by atoms with Gasteiger partial charge in [-0.3, -0.25) is 19.9 Å². The van der Waals surface area contributed by atoms with E-state index >= 15 is 0 Å². The van der Waals surface area contributed by atoms with Crippen LogP contribution in [0, 0.1) is 10.1 Å². The number of ether oxygens (including phenoxy) is 1. The fourth-order valence-electron chi connectivity index (χ4n) is 0.985. The maximum Gasteiger partial charge on any atom is 0.574 e. The Morgan fingerprint density at radius 3 is 2.53 bits per heavy atom. The van der Waals surface area contributed by atoms with Gasteiger partial charge in [-0.25, -0.2) is 0 Å². The minimum atomic E-state index is -5.03. The van der Waals surface area contributed by atoms with Crippen LogP contribution in [0.5, 0.6) is 5.88 Å². The molecular weight excluding hydrogens is 269 g/mol. The quantitative estimate of drug-likeness (QED) is 0.517. The highest BCUT2D eigenvalue weighted by molar-refractivity contribution is 6.17. The third-order valence-corrected chi connectivity index (χ3v) is 1.91. The Bertz CT molecular complexity index is 499. The predicted octanol–water partition coefficient (Wildman–Crippen LogP) is 1.92. The number of hydrogen-bond donors (Lipinski definition) is 1. The smallest absolute Gasteiger partial charge is 0.389 e. The molecule has 0 atom stereocenters. The summed E-state index contributed by atoms with van der Waals surface area (Å²) in [4.78, 5) is 22.0. The minimum absolute atomic E-state index is 0.338. The second kappa shape index (κ2) is 4.62. The van der Waals surface area contributed by atoms with Gasteiger partial charge >= 0.3 is 17.6 Å². The lowest BCUT2D eigenvalue weighted by molar-refractivity contribution is -0.386. The molecular formula is C7H4ClF3N2O4. The molecule has 94 valence electrons. The molecule has 1 N–H and O–H groups in total. The van der Waals surface area contributed by atoms with Crippen molar-refractivity contribution in [3.8, 4) is 5.88 Å². The van der Waals surface area contributed by atoms with Gasteiger partial charge in [-0.2, -0.15) is 0 Å². The van der Waals surface area contributed by atoms with Crippen molar-refractivity contribution in [3.05, 3.63) is 32.1 Å². The van der Waals surface area contributed by atoms with E-state index in [1.54, 1.807) is 4.98 Å². The van der Waals surface area contributed by atoms with Crippen molar-refractivity contribution in [2.45, 2.75) is 12.2 Å². The van der Waals surface area contributed by atoms with Crippen LogP contribution in [0.15, 0.2) is 10.9 Å². The summed E-state index contributed by atoms with van der Waals surface area (Å²) in [5, 5.41) is 10.4. The van der Waals surface area contributed by atoms with Gasteiger partial charge in [-0.1, -0.05) is 0 Å². The first-order valence-corrected chi connectivity index (χ1v) is 4.50. The average Bonchev–Trinajstić information content (AvgIpc) is 2.14. The standard InChI is InChI=1S/C7H4ClF3N2O4/c8-2-3-1-4(13(15)16)5(14)12-6(3)17-7(9,10)11/h1H,2H2,(H,12,14). The molecule has 1 rings (SSSR count). The lowest BCUT2D eigenvalue weighted by atomic mass is 10.3. The van der Waals surface area contributed by atoms with E-state index in [2.05, 4.69) is 4.74 Å². The number of rotatable bonds is 3. The Labute approximate surface area is 96.1 Å². The number of nitrogens with one attached hydrogen (secondary N) is 1. The fraction of sp³-hybridized carbons (Fsp3) is 0.286. The second-order valence-corrected chi connectivity index (χ2v) is 3.04. The lowest BCUT2D eigenvalue weighted by Crippen LogP contribution is -2.22. The monoisotopic (exact) mass is 272 g/mol. The number of aromatic amines is 1. The van der Waals surface area contributed by atoms with Crippen LogP contribution in [0.3, 0.4) is 0 Å². The highest BCUT2D eigenvalue weighted by Crippen LogP contribution is 2.26. The molecule has 0 aliphatic carbocycles. The Morgan fingerprint density at radius 1 is 1.53 bits per heavy atom. The van der Waals surface area contributed by atoms with Crippen LogP contribution in [-0.4, -0.2) is 16.3 Å². The topological polar surface area (TPSA) is 85.2 Å². The van der Waals surface area contributed by atoms with E-state index in [0.29, 0.717) is 6.07 Å². The second-order valence-electron chi connectivity index (χ2n) is 2.78. The van der Waals surface area contributed by atoms with Crippen LogP contribution in [0.4, 0.5) is 18.9 Å². The Hall–Kier alpha value is -1.77. The van der Waals surface area contributed by atoms with Crippen molar-refractivity contribution < 1.29 is 22.8 Å². The van der Waals surface area contributed by atoms with Crippen LogP contribution >= 0.6 is 11.6 Å². The molecule has 10 heteroatoms. The number of hydrogen-bond acceptors (Lipinski definition) is 4. The predicted molar refractivity (Wildman–Crippen MR) is 50.0 cm³/mol. The Kier molecular flexibility index (Phi) is 3.61. The van der Waals surface area contributed by atoms with Gasteiger partial charge in [0.05, 0.1) is 10.8 Å². The van der Waals surface area contributed by atoms with E-state index in [0.717, 1.165) is 0 Å². The molecule has 0 aliphatic heterocycles. The van der Waals surface area contributed by atoms with E-state index in [1.807, 2.05) is 0 Å². The van der Waals surface area contributed by atoms with Crippen molar-refractivity contribution in [1.82, 2.24) is 4.98 Å². The molecule has 0 fully saturated rings.